The summed E-state index contributed by atoms with van der Waals surface area (Å²) in [6, 6.07) is 9.78. The quantitative estimate of drug-likeness (QED) is 0.284. The number of benzene rings is 2. The second kappa shape index (κ2) is 12.2. The van der Waals surface area contributed by atoms with E-state index in [1.807, 2.05) is 0 Å². The fraction of sp³-hybridized carbons (Fsp3) is 0.348. The van der Waals surface area contributed by atoms with Crippen molar-refractivity contribution in [3.63, 3.8) is 0 Å². The van der Waals surface area contributed by atoms with Crippen molar-refractivity contribution < 1.29 is 24.2 Å². The first-order valence-electron chi connectivity index (χ1n) is 10.2. The zero-order chi connectivity index (χ0) is 22.6. The first kappa shape index (κ1) is 23.7. The van der Waals surface area contributed by atoms with Gasteiger partial charge in [-0.2, -0.15) is 5.10 Å². The van der Waals surface area contributed by atoms with Gasteiger partial charge in [-0.3, -0.25) is 9.59 Å². The average Bonchev–Trinajstić information content (AvgIpc) is 2.77. The van der Waals surface area contributed by atoms with Crippen LogP contribution in [0.2, 0.25) is 0 Å². The predicted molar refractivity (Wildman–Crippen MR) is 120 cm³/mol. The molecule has 0 atom stereocenters. The Bertz CT molecular complexity index is 902. The molecule has 2 aromatic rings. The summed E-state index contributed by atoms with van der Waals surface area (Å²) in [5.41, 5.74) is 3.93. The van der Waals surface area contributed by atoms with Crippen LogP contribution >= 0.6 is 0 Å². The van der Waals surface area contributed by atoms with E-state index in [9.17, 15) is 14.7 Å². The molecule has 0 radical (unpaired) electrons. The topological polar surface area (TPSA) is 109 Å². The molecule has 31 heavy (non-hydrogen) atoms. The first-order chi connectivity index (χ1) is 15.0. The van der Waals surface area contributed by atoms with Crippen molar-refractivity contribution in [3.05, 3.63) is 47.5 Å². The molecule has 8 heteroatoms. The van der Waals surface area contributed by atoms with Crippen molar-refractivity contribution in [2.24, 2.45) is 5.10 Å². The summed E-state index contributed by atoms with van der Waals surface area (Å²) in [6.07, 6.45) is 5.98. The highest BCUT2D eigenvalue weighted by Gasteiger charge is 2.11. The van der Waals surface area contributed by atoms with Crippen LogP contribution in [-0.2, 0) is 4.79 Å². The van der Waals surface area contributed by atoms with Gasteiger partial charge in [-0.25, -0.2) is 5.43 Å². The number of phenols is 1. The second-order valence-corrected chi connectivity index (χ2v) is 6.91. The highest BCUT2D eigenvalue weighted by Crippen LogP contribution is 2.36. The normalized spacial score (nSPS) is 10.7. The number of methoxy groups -OCH3 is 2. The molecule has 0 saturated heterocycles. The molecular formula is C23H29N3O5. The molecule has 0 aromatic heterocycles. The van der Waals surface area contributed by atoms with Crippen LogP contribution in [0.3, 0.4) is 0 Å². The molecule has 2 aromatic carbocycles. The number of carbonyl (C=O) groups excluding carboxylic acids is 2. The lowest BCUT2D eigenvalue weighted by Gasteiger charge is -2.09. The molecule has 0 aliphatic rings. The first-order valence-corrected chi connectivity index (χ1v) is 10.2. The van der Waals surface area contributed by atoms with E-state index in [1.54, 1.807) is 36.4 Å². The summed E-state index contributed by atoms with van der Waals surface area (Å²) in [4.78, 5) is 24.4. The van der Waals surface area contributed by atoms with Gasteiger partial charge in [-0.1, -0.05) is 32.3 Å². The van der Waals surface area contributed by atoms with Gasteiger partial charge in [0, 0.05) is 23.2 Å². The van der Waals surface area contributed by atoms with Gasteiger partial charge in [0.1, 0.15) is 0 Å². The third kappa shape index (κ3) is 7.33. The molecule has 0 fully saturated rings. The fourth-order valence-corrected chi connectivity index (χ4v) is 2.89. The smallest absolute Gasteiger partial charge is 0.271 e. The molecule has 0 saturated carbocycles. The molecular weight excluding hydrogens is 398 g/mol. The van der Waals surface area contributed by atoms with Crippen LogP contribution in [0.15, 0.2) is 41.5 Å². The minimum atomic E-state index is -0.423. The zero-order valence-electron chi connectivity index (χ0n) is 18.1. The number of nitrogens with zero attached hydrogens (tertiary/aromatic N) is 1. The number of hydrogen-bond donors (Lipinski definition) is 3. The van der Waals surface area contributed by atoms with Crippen LogP contribution in [0.1, 0.15) is 54.9 Å². The monoisotopic (exact) mass is 427 g/mol. The summed E-state index contributed by atoms with van der Waals surface area (Å²) in [7, 11) is 2.85. The van der Waals surface area contributed by atoms with Crippen molar-refractivity contribution in [3.8, 4) is 17.2 Å². The summed E-state index contributed by atoms with van der Waals surface area (Å²) in [5.74, 6) is -0.152. The van der Waals surface area contributed by atoms with E-state index in [0.29, 0.717) is 23.2 Å². The third-order valence-electron chi connectivity index (χ3n) is 4.55. The van der Waals surface area contributed by atoms with Gasteiger partial charge >= 0.3 is 0 Å². The third-order valence-corrected chi connectivity index (χ3v) is 4.55. The van der Waals surface area contributed by atoms with Crippen LogP contribution in [0, 0.1) is 0 Å². The van der Waals surface area contributed by atoms with Crippen molar-refractivity contribution in [2.75, 3.05) is 19.5 Å². The van der Waals surface area contributed by atoms with Crippen molar-refractivity contribution >= 4 is 23.7 Å². The second-order valence-electron chi connectivity index (χ2n) is 6.91. The Kier molecular flexibility index (Phi) is 9.35. The number of rotatable bonds is 11. The molecule has 0 unspecified atom stereocenters. The molecule has 0 bridgehead atoms. The number of nitrogens with one attached hydrogen (secondary N) is 2. The fourth-order valence-electron chi connectivity index (χ4n) is 2.89. The lowest BCUT2D eigenvalue weighted by atomic mass is 10.1. The average molecular weight is 428 g/mol. The lowest BCUT2D eigenvalue weighted by molar-refractivity contribution is -0.116. The van der Waals surface area contributed by atoms with Crippen molar-refractivity contribution in [1.82, 2.24) is 5.43 Å². The summed E-state index contributed by atoms with van der Waals surface area (Å²) in [5, 5.41) is 16.7. The molecule has 0 aliphatic carbocycles. The molecule has 2 rings (SSSR count). The van der Waals surface area contributed by atoms with Gasteiger partial charge in [0.15, 0.2) is 11.5 Å². The molecule has 0 heterocycles. The number of unbranched alkanes of at least 4 members (excludes halogenated alkanes) is 3. The number of hydrazone groups is 1. The Labute approximate surface area is 182 Å². The van der Waals surface area contributed by atoms with Crippen LogP contribution in [0.5, 0.6) is 17.2 Å². The summed E-state index contributed by atoms with van der Waals surface area (Å²) < 4.78 is 10.2. The Morgan fingerprint density at radius 3 is 2.42 bits per heavy atom. The summed E-state index contributed by atoms with van der Waals surface area (Å²) >= 11 is 0. The largest absolute Gasteiger partial charge is 0.502 e. The van der Waals surface area contributed by atoms with E-state index in [2.05, 4.69) is 22.8 Å². The van der Waals surface area contributed by atoms with Gasteiger partial charge in [-0.05, 0) is 36.8 Å². The Morgan fingerprint density at radius 2 is 1.77 bits per heavy atom. The minimum absolute atomic E-state index is 0.0677. The highest BCUT2D eigenvalue weighted by molar-refractivity contribution is 5.97. The number of phenolic OH excluding ortho intramolecular Hbond substituents is 1. The SMILES string of the molecule is CCCCCCC(=O)Nc1cccc(C(=O)NN=Cc2cc(OC)c(O)c(OC)c2)c1. The number of carbonyl (C=O) groups is 2. The van der Waals surface area contributed by atoms with E-state index >= 15 is 0 Å². The number of aromatic hydroxyl groups is 1. The van der Waals surface area contributed by atoms with Crippen LogP contribution in [-0.4, -0.2) is 37.4 Å². The zero-order valence-corrected chi connectivity index (χ0v) is 18.1. The Balaban J connectivity index is 1.97. The van der Waals surface area contributed by atoms with Crippen LogP contribution < -0.4 is 20.2 Å². The van der Waals surface area contributed by atoms with Gasteiger partial charge in [-0.15, -0.1) is 0 Å². The molecule has 8 nitrogen and oxygen atoms in total. The van der Waals surface area contributed by atoms with Gasteiger partial charge in [0.05, 0.1) is 20.4 Å². The molecule has 3 N–H and O–H groups in total. The van der Waals surface area contributed by atoms with Crippen LogP contribution in [0.25, 0.3) is 0 Å². The van der Waals surface area contributed by atoms with E-state index in [-0.39, 0.29) is 23.2 Å². The Hall–Kier alpha value is -3.55. The molecule has 0 spiro atoms. The lowest BCUT2D eigenvalue weighted by Crippen LogP contribution is -2.18. The maximum Gasteiger partial charge on any atom is 0.271 e. The Morgan fingerprint density at radius 1 is 1.06 bits per heavy atom. The maximum absolute atomic E-state index is 12.4. The van der Waals surface area contributed by atoms with E-state index in [0.717, 1.165) is 25.7 Å². The molecule has 166 valence electrons. The number of amides is 2. The standard InChI is InChI=1S/C23H29N3O5/c1-4-5-6-7-11-21(27)25-18-10-8-9-17(14-18)23(29)26-24-15-16-12-19(30-2)22(28)20(13-16)31-3/h8-10,12-15,28H,4-7,11H2,1-3H3,(H,25,27)(H,26,29). The van der Waals surface area contributed by atoms with E-state index in [4.69, 9.17) is 9.47 Å². The number of anilines is 1. The van der Waals surface area contributed by atoms with E-state index in [1.165, 1.54) is 20.4 Å². The van der Waals surface area contributed by atoms with Crippen LogP contribution in [0.4, 0.5) is 5.69 Å². The number of ether oxygens (including phenoxy) is 2. The van der Waals surface area contributed by atoms with Gasteiger partial charge in [0.2, 0.25) is 11.7 Å². The summed E-state index contributed by atoms with van der Waals surface area (Å²) in [6.45, 7) is 2.12. The predicted octanol–water partition coefficient (Wildman–Crippen LogP) is 4.08. The number of hydrogen-bond acceptors (Lipinski definition) is 6. The maximum atomic E-state index is 12.4. The van der Waals surface area contributed by atoms with Gasteiger partial charge < -0.3 is 19.9 Å². The van der Waals surface area contributed by atoms with E-state index < -0.39 is 5.91 Å². The van der Waals surface area contributed by atoms with Gasteiger partial charge in [0.25, 0.3) is 5.91 Å². The van der Waals surface area contributed by atoms with Crippen molar-refractivity contribution in [2.45, 2.75) is 39.0 Å². The molecule has 2 amide bonds. The highest BCUT2D eigenvalue weighted by atomic mass is 16.5. The van der Waals surface area contributed by atoms with Crippen molar-refractivity contribution in [1.29, 1.82) is 0 Å². The minimum Gasteiger partial charge on any atom is -0.502 e. The molecule has 0 aliphatic heterocycles.